The normalized spacial score (nSPS) is 19.1. The highest BCUT2D eigenvalue weighted by Crippen LogP contribution is 2.22. The zero-order valence-electron chi connectivity index (χ0n) is 11.3. The number of esters is 1. The van der Waals surface area contributed by atoms with Crippen LogP contribution in [0.25, 0.3) is 0 Å². The summed E-state index contributed by atoms with van der Waals surface area (Å²) in [4.78, 5) is 13.8. The summed E-state index contributed by atoms with van der Waals surface area (Å²) in [5.41, 5.74) is 2.93. The summed E-state index contributed by atoms with van der Waals surface area (Å²) in [5, 5.41) is 8.86. The molecule has 0 N–H and O–H groups in total. The fraction of sp³-hybridized carbons (Fsp3) is 0.467. The smallest absolute Gasteiger partial charge is 0.323 e. The summed E-state index contributed by atoms with van der Waals surface area (Å²) < 4.78 is 4.85. The van der Waals surface area contributed by atoms with Gasteiger partial charge in [-0.15, -0.1) is 0 Å². The third-order valence-corrected chi connectivity index (χ3v) is 3.68. The topological polar surface area (TPSA) is 53.3 Å². The third-order valence-electron chi connectivity index (χ3n) is 3.68. The molecule has 1 saturated heterocycles. The van der Waals surface area contributed by atoms with E-state index < -0.39 is 0 Å². The van der Waals surface area contributed by atoms with Crippen molar-refractivity contribution in [2.24, 2.45) is 0 Å². The largest absolute Gasteiger partial charge is 0.468 e. The first-order valence-electron chi connectivity index (χ1n) is 6.47. The van der Waals surface area contributed by atoms with E-state index >= 15 is 0 Å². The first kappa shape index (κ1) is 13.6. The molecule has 100 valence electrons. The minimum atomic E-state index is -0.149. The molecule has 1 aliphatic rings. The van der Waals surface area contributed by atoms with Gasteiger partial charge in [0.15, 0.2) is 0 Å². The van der Waals surface area contributed by atoms with Gasteiger partial charge in [-0.2, -0.15) is 5.26 Å². The number of likely N-dealkylation sites (tertiary alicyclic amines) is 1. The first-order valence-corrected chi connectivity index (χ1v) is 6.47. The highest BCUT2D eigenvalue weighted by atomic mass is 16.5. The summed E-state index contributed by atoms with van der Waals surface area (Å²) in [6.07, 6.45) is 1.89. The second-order valence-electron chi connectivity index (χ2n) is 4.90. The second kappa shape index (κ2) is 5.85. The highest BCUT2D eigenvalue weighted by Gasteiger charge is 2.31. The van der Waals surface area contributed by atoms with Gasteiger partial charge in [0.05, 0.1) is 18.7 Å². The lowest BCUT2D eigenvalue weighted by molar-refractivity contribution is -0.146. The predicted molar refractivity (Wildman–Crippen MR) is 71.3 cm³/mol. The van der Waals surface area contributed by atoms with Gasteiger partial charge in [0.25, 0.3) is 0 Å². The summed E-state index contributed by atoms with van der Waals surface area (Å²) in [6.45, 7) is 3.65. The minimum absolute atomic E-state index is 0.125. The van der Waals surface area contributed by atoms with E-state index in [9.17, 15) is 4.79 Å². The van der Waals surface area contributed by atoms with Crippen molar-refractivity contribution in [2.75, 3.05) is 13.7 Å². The van der Waals surface area contributed by atoms with Crippen LogP contribution in [0.4, 0.5) is 0 Å². The molecule has 0 radical (unpaired) electrons. The van der Waals surface area contributed by atoms with Gasteiger partial charge in [-0.25, -0.2) is 0 Å². The van der Waals surface area contributed by atoms with E-state index in [1.807, 2.05) is 25.1 Å². The van der Waals surface area contributed by atoms with Crippen LogP contribution in [0.1, 0.15) is 29.5 Å². The Kier molecular flexibility index (Phi) is 4.18. The van der Waals surface area contributed by atoms with E-state index in [0.717, 1.165) is 37.1 Å². The molecule has 0 aliphatic carbocycles. The van der Waals surface area contributed by atoms with Gasteiger partial charge in [0, 0.05) is 6.54 Å². The lowest BCUT2D eigenvalue weighted by atomic mass is 10.0. The molecule has 0 aromatic heterocycles. The lowest BCUT2D eigenvalue weighted by Gasteiger charge is -2.23. The Bertz CT molecular complexity index is 519. The van der Waals surface area contributed by atoms with Crippen LogP contribution in [-0.4, -0.2) is 30.6 Å². The molecule has 2 rings (SSSR count). The first-order chi connectivity index (χ1) is 9.15. The molecule has 0 saturated carbocycles. The molecule has 1 heterocycles. The third kappa shape index (κ3) is 2.94. The van der Waals surface area contributed by atoms with Gasteiger partial charge in [0.2, 0.25) is 0 Å². The van der Waals surface area contributed by atoms with Crippen LogP contribution in [-0.2, 0) is 16.1 Å². The Labute approximate surface area is 113 Å². The summed E-state index contributed by atoms with van der Waals surface area (Å²) in [6, 6.07) is 7.70. The summed E-state index contributed by atoms with van der Waals surface area (Å²) in [7, 11) is 1.44. The Morgan fingerprint density at radius 2 is 2.37 bits per heavy atom. The van der Waals surface area contributed by atoms with Crippen molar-refractivity contribution in [1.29, 1.82) is 5.26 Å². The van der Waals surface area contributed by atoms with E-state index in [4.69, 9.17) is 10.00 Å². The van der Waals surface area contributed by atoms with Crippen LogP contribution < -0.4 is 0 Å². The molecule has 19 heavy (non-hydrogen) atoms. The molecule has 1 fully saturated rings. The number of methoxy groups -OCH3 is 1. The van der Waals surface area contributed by atoms with Gasteiger partial charge >= 0.3 is 5.97 Å². The van der Waals surface area contributed by atoms with Crippen LogP contribution >= 0.6 is 0 Å². The van der Waals surface area contributed by atoms with Crippen molar-refractivity contribution in [3.8, 4) is 6.07 Å². The van der Waals surface area contributed by atoms with E-state index in [-0.39, 0.29) is 12.0 Å². The zero-order chi connectivity index (χ0) is 13.8. The van der Waals surface area contributed by atoms with Gasteiger partial charge in [-0.3, -0.25) is 9.69 Å². The van der Waals surface area contributed by atoms with Crippen molar-refractivity contribution in [3.63, 3.8) is 0 Å². The van der Waals surface area contributed by atoms with Crippen molar-refractivity contribution < 1.29 is 9.53 Å². The summed E-state index contributed by atoms with van der Waals surface area (Å²) >= 11 is 0. The minimum Gasteiger partial charge on any atom is -0.468 e. The lowest BCUT2D eigenvalue weighted by Crippen LogP contribution is -2.36. The van der Waals surface area contributed by atoms with Crippen molar-refractivity contribution in [3.05, 3.63) is 34.9 Å². The van der Waals surface area contributed by atoms with Gasteiger partial charge in [-0.1, -0.05) is 6.07 Å². The maximum absolute atomic E-state index is 11.7. The van der Waals surface area contributed by atoms with Crippen molar-refractivity contribution >= 4 is 5.97 Å². The number of nitrogens with zero attached hydrogens (tertiary/aromatic N) is 2. The summed E-state index contributed by atoms with van der Waals surface area (Å²) in [5.74, 6) is -0.149. The molecule has 0 bridgehead atoms. The van der Waals surface area contributed by atoms with Gasteiger partial charge in [-0.05, 0) is 49.6 Å². The number of carbonyl (C=O) groups excluding carboxylic acids is 1. The maximum Gasteiger partial charge on any atom is 0.323 e. The molecular formula is C15H18N2O2. The van der Waals surface area contributed by atoms with Crippen LogP contribution in [0.5, 0.6) is 0 Å². The van der Waals surface area contributed by atoms with Gasteiger partial charge in [0.1, 0.15) is 6.04 Å². The fourth-order valence-electron chi connectivity index (χ4n) is 2.58. The van der Waals surface area contributed by atoms with E-state index in [1.165, 1.54) is 7.11 Å². The Hall–Kier alpha value is -1.86. The van der Waals surface area contributed by atoms with E-state index in [0.29, 0.717) is 5.56 Å². The number of hydrogen-bond donors (Lipinski definition) is 0. The monoisotopic (exact) mass is 258 g/mol. The average molecular weight is 258 g/mol. The zero-order valence-corrected chi connectivity index (χ0v) is 11.3. The number of ether oxygens (including phenoxy) is 1. The van der Waals surface area contributed by atoms with Crippen molar-refractivity contribution in [1.82, 2.24) is 4.90 Å². The van der Waals surface area contributed by atoms with Crippen molar-refractivity contribution in [2.45, 2.75) is 32.4 Å². The maximum atomic E-state index is 11.7. The number of hydrogen-bond acceptors (Lipinski definition) is 4. The molecule has 4 nitrogen and oxygen atoms in total. The standard InChI is InChI=1S/C15H18N2O2/c1-11-8-12(9-16)5-6-13(11)10-17-7-3-4-14(17)15(18)19-2/h5-6,8,14H,3-4,7,10H2,1-2H3. The molecule has 1 aromatic rings. The Morgan fingerprint density at radius 3 is 3.00 bits per heavy atom. The number of nitriles is 1. The molecule has 4 heteroatoms. The molecule has 0 amide bonds. The number of benzene rings is 1. The van der Waals surface area contributed by atoms with Gasteiger partial charge < -0.3 is 4.74 Å². The molecular weight excluding hydrogens is 240 g/mol. The Balaban J connectivity index is 2.12. The van der Waals surface area contributed by atoms with Crippen LogP contribution in [0.2, 0.25) is 0 Å². The van der Waals surface area contributed by atoms with Crippen LogP contribution in [0.15, 0.2) is 18.2 Å². The van der Waals surface area contributed by atoms with Crippen LogP contribution in [0.3, 0.4) is 0 Å². The number of aryl methyl sites for hydroxylation is 1. The SMILES string of the molecule is COC(=O)C1CCCN1Cc1ccc(C#N)cc1C. The average Bonchev–Trinajstić information content (AvgIpc) is 2.88. The molecule has 1 atom stereocenters. The molecule has 0 spiro atoms. The quantitative estimate of drug-likeness (QED) is 0.778. The molecule has 1 unspecified atom stereocenters. The number of rotatable bonds is 3. The molecule has 1 aromatic carbocycles. The fourth-order valence-corrected chi connectivity index (χ4v) is 2.58. The van der Waals surface area contributed by atoms with E-state index in [1.54, 1.807) is 0 Å². The van der Waals surface area contributed by atoms with Crippen LogP contribution in [0, 0.1) is 18.3 Å². The predicted octanol–water partition coefficient (Wildman–Crippen LogP) is 2.00. The second-order valence-corrected chi connectivity index (χ2v) is 4.90. The highest BCUT2D eigenvalue weighted by molar-refractivity contribution is 5.76. The molecule has 1 aliphatic heterocycles. The Morgan fingerprint density at radius 1 is 1.58 bits per heavy atom. The number of carbonyl (C=O) groups is 1. The van der Waals surface area contributed by atoms with E-state index in [2.05, 4.69) is 11.0 Å².